The number of anilines is 1. The Hall–Kier alpha value is -4.25. The summed E-state index contributed by atoms with van der Waals surface area (Å²) in [5.41, 5.74) is 8.80. The van der Waals surface area contributed by atoms with Crippen LogP contribution in [0.3, 0.4) is 0 Å². The van der Waals surface area contributed by atoms with E-state index in [4.69, 9.17) is 15.7 Å². The van der Waals surface area contributed by atoms with Gasteiger partial charge in [-0.05, 0) is 60.7 Å². The van der Waals surface area contributed by atoms with Crippen molar-refractivity contribution in [2.24, 2.45) is 5.73 Å². The van der Waals surface area contributed by atoms with E-state index in [-0.39, 0.29) is 5.82 Å². The number of hydrogen-bond donors (Lipinski definition) is 2. The van der Waals surface area contributed by atoms with Gasteiger partial charge in [0, 0.05) is 35.3 Å². The summed E-state index contributed by atoms with van der Waals surface area (Å²) in [5, 5.41) is 12.0. The Balaban J connectivity index is 1.68. The van der Waals surface area contributed by atoms with E-state index in [0.29, 0.717) is 35.4 Å². The first-order valence-electron chi connectivity index (χ1n) is 10.3. The predicted octanol–water partition coefficient (Wildman–Crippen LogP) is 3.38. The van der Waals surface area contributed by atoms with Crippen LogP contribution in [0, 0.1) is 17.1 Å². The molecule has 1 aliphatic rings. The Morgan fingerprint density at radius 2 is 1.85 bits per heavy atom. The lowest BCUT2D eigenvalue weighted by Gasteiger charge is -2.33. The van der Waals surface area contributed by atoms with Gasteiger partial charge in [-0.15, -0.1) is 0 Å². The maximum atomic E-state index is 14.9. The van der Waals surface area contributed by atoms with Gasteiger partial charge < -0.3 is 15.8 Å². The number of nitrogens with two attached hydrogens (primary N) is 1. The highest BCUT2D eigenvalue weighted by Crippen LogP contribution is 2.39. The number of ether oxygens (including phenoxy) is 1. The Bertz CT molecular complexity index is 1300. The summed E-state index contributed by atoms with van der Waals surface area (Å²) in [6.45, 7) is 1.67. The number of aryl methyl sites for hydroxylation is 2. The summed E-state index contributed by atoms with van der Waals surface area (Å²) in [5.74, 6) is -0.483. The Kier molecular flexibility index (Phi) is 5.80. The van der Waals surface area contributed by atoms with Crippen LogP contribution in [-0.2, 0) is 17.6 Å². The van der Waals surface area contributed by atoms with Crippen molar-refractivity contribution < 1.29 is 13.9 Å². The average Bonchev–Trinajstić information content (AvgIpc) is 2.82. The van der Waals surface area contributed by atoms with Crippen molar-refractivity contribution in [1.82, 2.24) is 9.97 Å². The van der Waals surface area contributed by atoms with Crippen LogP contribution >= 0.6 is 0 Å². The third-order valence-corrected chi connectivity index (χ3v) is 5.69. The van der Waals surface area contributed by atoms with Gasteiger partial charge in [-0.1, -0.05) is 12.1 Å². The molecule has 3 N–H and O–H groups in total. The van der Waals surface area contributed by atoms with E-state index in [1.807, 2.05) is 24.3 Å². The molecule has 0 fully saturated rings. The molecule has 2 heterocycles. The zero-order chi connectivity index (χ0) is 23.6. The molecule has 0 spiro atoms. The zero-order valence-corrected chi connectivity index (χ0v) is 18.2. The van der Waals surface area contributed by atoms with Gasteiger partial charge in [-0.25, -0.2) is 14.4 Å². The molecule has 0 saturated heterocycles. The third kappa shape index (κ3) is 4.39. The topological polar surface area (TPSA) is 114 Å². The van der Waals surface area contributed by atoms with E-state index < -0.39 is 17.3 Å². The van der Waals surface area contributed by atoms with E-state index in [2.05, 4.69) is 15.3 Å². The summed E-state index contributed by atoms with van der Waals surface area (Å²) in [6.07, 6.45) is 6.30. The number of rotatable bonds is 6. The second-order valence-electron chi connectivity index (χ2n) is 8.00. The molecule has 0 saturated carbocycles. The lowest BCUT2D eigenvalue weighted by molar-refractivity contribution is -0.120. The molecule has 33 heavy (non-hydrogen) atoms. The SMILES string of the molecule is COc1ccc(C2=CC(C)(C(N)=O)Nc3cc(CCc4cnc(C#N)nc4)ccc32)c(F)c1. The molecule has 8 heteroatoms. The molecule has 1 atom stereocenters. The monoisotopic (exact) mass is 443 g/mol. The Morgan fingerprint density at radius 3 is 2.48 bits per heavy atom. The highest BCUT2D eigenvalue weighted by Gasteiger charge is 2.35. The number of methoxy groups -OCH3 is 1. The van der Waals surface area contributed by atoms with Gasteiger partial charge in [0.2, 0.25) is 11.7 Å². The van der Waals surface area contributed by atoms with E-state index >= 15 is 0 Å². The molecular formula is C25H22FN5O2. The van der Waals surface area contributed by atoms with Crippen molar-refractivity contribution >= 4 is 17.2 Å². The number of benzene rings is 2. The third-order valence-electron chi connectivity index (χ3n) is 5.69. The van der Waals surface area contributed by atoms with Crippen molar-refractivity contribution in [2.75, 3.05) is 12.4 Å². The van der Waals surface area contributed by atoms with Crippen LogP contribution in [0.2, 0.25) is 0 Å². The molecule has 3 aromatic rings. The number of nitrogens with one attached hydrogen (secondary N) is 1. The fourth-order valence-electron chi connectivity index (χ4n) is 3.79. The summed E-state index contributed by atoms with van der Waals surface area (Å²) < 4.78 is 20.0. The standard InChI is InChI=1S/C25H22FN5O2/c1-25(24(28)32)11-20(18-8-6-17(33-2)10-21(18)26)19-7-5-15(9-22(19)31-25)3-4-16-13-29-23(12-27)30-14-16/h5-11,13-14,31H,3-4H2,1-2H3,(H2,28,32). The van der Waals surface area contributed by atoms with E-state index in [9.17, 15) is 9.18 Å². The quantitative estimate of drug-likeness (QED) is 0.604. The van der Waals surface area contributed by atoms with Crippen LogP contribution in [-0.4, -0.2) is 28.5 Å². The molecule has 1 unspecified atom stereocenters. The second-order valence-corrected chi connectivity index (χ2v) is 8.00. The van der Waals surface area contributed by atoms with Crippen LogP contribution in [0.25, 0.3) is 5.57 Å². The largest absolute Gasteiger partial charge is 0.497 e. The molecule has 0 bridgehead atoms. The highest BCUT2D eigenvalue weighted by molar-refractivity contribution is 5.99. The van der Waals surface area contributed by atoms with Crippen molar-refractivity contribution in [3.05, 3.63) is 88.8 Å². The fraction of sp³-hybridized carbons (Fsp3) is 0.200. The molecule has 7 nitrogen and oxygen atoms in total. The van der Waals surface area contributed by atoms with Gasteiger partial charge in [-0.3, -0.25) is 4.79 Å². The van der Waals surface area contributed by atoms with Crippen LogP contribution in [0.15, 0.2) is 54.9 Å². The summed E-state index contributed by atoms with van der Waals surface area (Å²) in [4.78, 5) is 20.2. The Morgan fingerprint density at radius 1 is 1.15 bits per heavy atom. The van der Waals surface area contributed by atoms with Gasteiger partial charge in [0.05, 0.1) is 7.11 Å². The molecular weight excluding hydrogens is 421 g/mol. The number of carbonyl (C=O) groups excluding carboxylic acids is 1. The number of fused-ring (bicyclic) bond motifs is 1. The Labute approximate surface area is 190 Å². The summed E-state index contributed by atoms with van der Waals surface area (Å²) in [7, 11) is 1.48. The molecule has 1 aliphatic heterocycles. The molecule has 2 aromatic carbocycles. The van der Waals surface area contributed by atoms with Crippen molar-refractivity contribution in [3.8, 4) is 11.8 Å². The number of nitrogens with zero attached hydrogens (tertiary/aromatic N) is 3. The van der Waals surface area contributed by atoms with Gasteiger partial charge in [0.25, 0.3) is 0 Å². The first-order chi connectivity index (χ1) is 15.8. The van der Waals surface area contributed by atoms with Crippen LogP contribution < -0.4 is 15.8 Å². The highest BCUT2D eigenvalue weighted by atomic mass is 19.1. The van der Waals surface area contributed by atoms with Gasteiger partial charge in [-0.2, -0.15) is 5.26 Å². The van der Waals surface area contributed by atoms with Gasteiger partial charge >= 0.3 is 0 Å². The van der Waals surface area contributed by atoms with E-state index in [1.165, 1.54) is 13.2 Å². The van der Waals surface area contributed by atoms with Crippen molar-refractivity contribution in [3.63, 3.8) is 0 Å². The van der Waals surface area contributed by atoms with Gasteiger partial charge in [0.15, 0.2) is 0 Å². The molecule has 1 aromatic heterocycles. The normalized spacial score (nSPS) is 16.7. The summed E-state index contributed by atoms with van der Waals surface area (Å²) >= 11 is 0. The number of nitriles is 1. The lowest BCUT2D eigenvalue weighted by atomic mass is 9.84. The van der Waals surface area contributed by atoms with Gasteiger partial charge in [0.1, 0.15) is 23.2 Å². The number of hydrogen-bond acceptors (Lipinski definition) is 6. The maximum Gasteiger partial charge on any atom is 0.246 e. The summed E-state index contributed by atoms with van der Waals surface area (Å²) in [6, 6.07) is 12.3. The smallest absolute Gasteiger partial charge is 0.246 e. The first kappa shape index (κ1) is 22.0. The molecule has 1 amide bonds. The van der Waals surface area contributed by atoms with E-state index in [0.717, 1.165) is 16.7 Å². The minimum Gasteiger partial charge on any atom is -0.497 e. The molecule has 0 radical (unpaired) electrons. The lowest BCUT2D eigenvalue weighted by Crippen LogP contribution is -2.48. The number of aromatic nitrogens is 2. The molecule has 4 rings (SSSR count). The average molecular weight is 443 g/mol. The van der Waals surface area contributed by atoms with E-state index in [1.54, 1.807) is 37.5 Å². The molecule has 0 aliphatic carbocycles. The predicted molar refractivity (Wildman–Crippen MR) is 122 cm³/mol. The first-order valence-corrected chi connectivity index (χ1v) is 10.3. The second kappa shape index (κ2) is 8.71. The van der Waals surface area contributed by atoms with Crippen molar-refractivity contribution in [2.45, 2.75) is 25.3 Å². The van der Waals surface area contributed by atoms with Crippen LogP contribution in [0.1, 0.15) is 35.0 Å². The number of carbonyl (C=O) groups is 1. The van der Waals surface area contributed by atoms with Crippen LogP contribution in [0.5, 0.6) is 5.75 Å². The maximum absolute atomic E-state index is 14.9. The molecule has 166 valence electrons. The zero-order valence-electron chi connectivity index (χ0n) is 18.2. The fourth-order valence-corrected chi connectivity index (χ4v) is 3.79. The minimum atomic E-state index is -1.19. The number of primary amides is 1. The van der Waals surface area contributed by atoms with Crippen LogP contribution in [0.4, 0.5) is 10.1 Å². The minimum absolute atomic E-state index is 0.132. The van der Waals surface area contributed by atoms with Crippen molar-refractivity contribution in [1.29, 1.82) is 5.26 Å². The number of amides is 1. The number of halogens is 1.